The highest BCUT2D eigenvalue weighted by Gasteiger charge is 2.34. The number of amides is 1. The number of para-hydroxylation sites is 1. The number of hydrogen-bond donors (Lipinski definition) is 0. The number of halogens is 4. The second-order valence-electron chi connectivity index (χ2n) is 8.00. The van der Waals surface area contributed by atoms with E-state index in [1.54, 1.807) is 56.3 Å². The molecule has 3 aromatic carbocycles. The molecular weight excluding hydrogens is 571 g/mol. The highest BCUT2D eigenvalue weighted by molar-refractivity contribution is 9.10. The highest BCUT2D eigenvalue weighted by Crippen LogP contribution is 2.44. The molecule has 0 saturated heterocycles. The van der Waals surface area contributed by atoms with Crippen LogP contribution >= 0.6 is 15.9 Å². The van der Waals surface area contributed by atoms with Crippen LogP contribution in [0.15, 0.2) is 75.8 Å². The molecular formula is C26H19BrF3N3O5. The first kappa shape index (κ1) is 26.9. The van der Waals surface area contributed by atoms with Gasteiger partial charge in [-0.15, -0.1) is 0 Å². The average Bonchev–Trinajstić information content (AvgIpc) is 3.14. The Kier molecular flexibility index (Phi) is 7.53. The van der Waals surface area contributed by atoms with Crippen molar-refractivity contribution in [2.75, 3.05) is 11.6 Å². The van der Waals surface area contributed by atoms with Crippen LogP contribution in [0, 0.1) is 10.1 Å². The van der Waals surface area contributed by atoms with E-state index in [0.717, 1.165) is 6.07 Å². The minimum absolute atomic E-state index is 0.0194. The maximum atomic E-state index is 13.1. The minimum Gasteiger partial charge on any atom is -0.490 e. The third kappa shape index (κ3) is 5.54. The number of rotatable bonds is 7. The number of anilines is 1. The molecule has 1 heterocycles. The van der Waals surface area contributed by atoms with Gasteiger partial charge in [-0.25, -0.2) is 0 Å². The zero-order valence-electron chi connectivity index (χ0n) is 20.0. The molecule has 0 atom stereocenters. The molecule has 0 radical (unpaired) electrons. The van der Waals surface area contributed by atoms with Gasteiger partial charge < -0.3 is 9.47 Å². The maximum Gasteiger partial charge on any atom is 0.416 e. The second-order valence-corrected chi connectivity index (χ2v) is 8.85. The van der Waals surface area contributed by atoms with Gasteiger partial charge in [0, 0.05) is 6.07 Å². The first-order valence-corrected chi connectivity index (χ1v) is 12.0. The van der Waals surface area contributed by atoms with Gasteiger partial charge >= 0.3 is 11.9 Å². The molecule has 0 aromatic heterocycles. The molecule has 1 aliphatic heterocycles. The first-order valence-electron chi connectivity index (χ1n) is 11.2. The molecule has 0 saturated carbocycles. The van der Waals surface area contributed by atoms with E-state index in [4.69, 9.17) is 9.47 Å². The fraction of sp³-hybridized carbons (Fsp3) is 0.154. The summed E-state index contributed by atoms with van der Waals surface area (Å²) in [7, 11) is 0. The Morgan fingerprint density at radius 2 is 1.82 bits per heavy atom. The van der Waals surface area contributed by atoms with Gasteiger partial charge in [-0.2, -0.15) is 23.3 Å². The number of ether oxygens (including phenoxy) is 2. The fourth-order valence-corrected chi connectivity index (χ4v) is 4.20. The molecule has 0 aliphatic carbocycles. The second kappa shape index (κ2) is 10.7. The largest absolute Gasteiger partial charge is 0.490 e. The zero-order valence-corrected chi connectivity index (χ0v) is 21.5. The predicted octanol–water partition coefficient (Wildman–Crippen LogP) is 7.37. The SMILES string of the molecule is CCOc1cc(/C=C2/C(=O)N(c3ccccc3)N=C2C)cc(Br)c1Oc1ccc(C(F)(F)F)cc1[N+](=O)[O-]. The van der Waals surface area contributed by atoms with E-state index in [9.17, 15) is 28.1 Å². The average molecular weight is 590 g/mol. The van der Waals surface area contributed by atoms with Crippen LogP contribution in [0.3, 0.4) is 0 Å². The highest BCUT2D eigenvalue weighted by atomic mass is 79.9. The van der Waals surface area contributed by atoms with Gasteiger partial charge in [-0.3, -0.25) is 14.9 Å². The Bertz CT molecular complexity index is 1470. The quantitative estimate of drug-likeness (QED) is 0.163. The van der Waals surface area contributed by atoms with Gasteiger partial charge in [0.1, 0.15) is 0 Å². The van der Waals surface area contributed by atoms with Crippen molar-refractivity contribution in [3.8, 4) is 17.2 Å². The van der Waals surface area contributed by atoms with Crippen molar-refractivity contribution in [3.05, 3.63) is 92.0 Å². The predicted molar refractivity (Wildman–Crippen MR) is 138 cm³/mol. The molecule has 12 heteroatoms. The fourth-order valence-electron chi connectivity index (χ4n) is 3.66. The number of carbonyl (C=O) groups excluding carboxylic acids is 1. The number of hydrazone groups is 1. The molecule has 0 unspecified atom stereocenters. The van der Waals surface area contributed by atoms with Crippen molar-refractivity contribution in [1.82, 2.24) is 0 Å². The normalized spacial score (nSPS) is 14.6. The van der Waals surface area contributed by atoms with Gasteiger partial charge in [0.05, 0.1) is 38.5 Å². The van der Waals surface area contributed by atoms with Crippen molar-refractivity contribution < 1.29 is 32.4 Å². The third-order valence-corrected chi connectivity index (χ3v) is 5.99. The van der Waals surface area contributed by atoms with Gasteiger partial charge in [0.2, 0.25) is 5.75 Å². The van der Waals surface area contributed by atoms with Gasteiger partial charge in [-0.1, -0.05) is 18.2 Å². The van der Waals surface area contributed by atoms with Crippen LogP contribution in [0.25, 0.3) is 6.08 Å². The molecule has 0 bridgehead atoms. The lowest BCUT2D eigenvalue weighted by atomic mass is 10.1. The molecule has 196 valence electrons. The Labute approximate surface area is 223 Å². The Morgan fingerprint density at radius 3 is 2.45 bits per heavy atom. The third-order valence-electron chi connectivity index (χ3n) is 5.40. The van der Waals surface area contributed by atoms with E-state index in [2.05, 4.69) is 21.0 Å². The number of nitro groups is 1. The number of carbonyl (C=O) groups is 1. The monoisotopic (exact) mass is 589 g/mol. The molecule has 0 N–H and O–H groups in total. The van der Waals surface area contributed by atoms with Crippen LogP contribution in [0.5, 0.6) is 17.2 Å². The maximum absolute atomic E-state index is 13.1. The summed E-state index contributed by atoms with van der Waals surface area (Å²) in [6, 6.07) is 14.1. The molecule has 1 amide bonds. The van der Waals surface area contributed by atoms with Crippen molar-refractivity contribution in [2.45, 2.75) is 20.0 Å². The van der Waals surface area contributed by atoms with Gasteiger partial charge in [0.25, 0.3) is 5.91 Å². The summed E-state index contributed by atoms with van der Waals surface area (Å²) in [6.07, 6.45) is -3.15. The first-order chi connectivity index (χ1) is 18.0. The van der Waals surface area contributed by atoms with Crippen molar-refractivity contribution >= 4 is 45.0 Å². The van der Waals surface area contributed by atoms with Crippen LogP contribution < -0.4 is 14.5 Å². The number of alkyl halides is 3. The minimum atomic E-state index is -4.76. The van der Waals surface area contributed by atoms with Crippen LogP contribution in [-0.2, 0) is 11.0 Å². The molecule has 38 heavy (non-hydrogen) atoms. The lowest BCUT2D eigenvalue weighted by molar-refractivity contribution is -0.385. The summed E-state index contributed by atoms with van der Waals surface area (Å²) >= 11 is 3.35. The molecule has 1 aliphatic rings. The number of benzene rings is 3. The van der Waals surface area contributed by atoms with E-state index in [1.807, 2.05) is 6.07 Å². The number of hydrogen-bond acceptors (Lipinski definition) is 6. The summed E-state index contributed by atoms with van der Waals surface area (Å²) in [5.74, 6) is -0.555. The Balaban J connectivity index is 1.71. The molecule has 3 aromatic rings. The smallest absolute Gasteiger partial charge is 0.416 e. The Hall–Kier alpha value is -4.19. The van der Waals surface area contributed by atoms with E-state index in [0.29, 0.717) is 39.1 Å². The summed E-state index contributed by atoms with van der Waals surface area (Å²) < 4.78 is 50.9. The lowest BCUT2D eigenvalue weighted by Crippen LogP contribution is -2.21. The molecule has 4 rings (SSSR count). The summed E-state index contributed by atoms with van der Waals surface area (Å²) in [5.41, 5.74) is -0.0557. The molecule has 0 fully saturated rings. The zero-order chi connectivity index (χ0) is 27.6. The van der Waals surface area contributed by atoms with Gasteiger partial charge in [0.15, 0.2) is 11.5 Å². The summed E-state index contributed by atoms with van der Waals surface area (Å²) in [4.78, 5) is 23.6. The summed E-state index contributed by atoms with van der Waals surface area (Å²) in [5, 5.41) is 17.1. The van der Waals surface area contributed by atoms with Crippen molar-refractivity contribution in [2.24, 2.45) is 5.10 Å². The van der Waals surface area contributed by atoms with Crippen LogP contribution in [0.1, 0.15) is 25.0 Å². The topological polar surface area (TPSA) is 94.3 Å². The van der Waals surface area contributed by atoms with E-state index in [-0.39, 0.29) is 24.0 Å². The van der Waals surface area contributed by atoms with Crippen LogP contribution in [-0.4, -0.2) is 23.1 Å². The van der Waals surface area contributed by atoms with Crippen molar-refractivity contribution in [3.63, 3.8) is 0 Å². The van der Waals surface area contributed by atoms with Crippen LogP contribution in [0.2, 0.25) is 0 Å². The molecule has 0 spiro atoms. The van der Waals surface area contributed by atoms with E-state index in [1.165, 1.54) is 5.01 Å². The lowest BCUT2D eigenvalue weighted by Gasteiger charge is -2.15. The van der Waals surface area contributed by atoms with Gasteiger partial charge in [-0.05, 0) is 77.8 Å². The van der Waals surface area contributed by atoms with E-state index < -0.39 is 28.1 Å². The van der Waals surface area contributed by atoms with Crippen molar-refractivity contribution in [1.29, 1.82) is 0 Å². The van der Waals surface area contributed by atoms with E-state index >= 15 is 0 Å². The number of nitro benzene ring substituents is 1. The summed E-state index contributed by atoms with van der Waals surface area (Å²) in [6.45, 7) is 3.60. The standard InChI is InChI=1S/C26H19BrF3N3O5/c1-3-37-23-13-16(11-19-15(2)31-32(25(19)34)18-7-5-4-6-8-18)12-20(27)24(23)38-22-10-9-17(26(28,29)30)14-21(22)33(35)36/h4-14H,3H2,1-2H3/b19-11+. The Morgan fingerprint density at radius 1 is 1.11 bits per heavy atom. The van der Waals surface area contributed by atoms with Crippen LogP contribution in [0.4, 0.5) is 24.5 Å². The number of nitrogens with zero attached hydrogens (tertiary/aromatic N) is 3. The molecule has 8 nitrogen and oxygen atoms in total.